The maximum atomic E-state index is 2.51. The number of allylic oxidation sites excluding steroid dienone is 1. The first-order valence-corrected chi connectivity index (χ1v) is 13.9. The van der Waals surface area contributed by atoms with Crippen molar-refractivity contribution in [3.63, 3.8) is 0 Å². The van der Waals surface area contributed by atoms with Gasteiger partial charge >= 0.3 is 0 Å². The second kappa shape index (κ2) is 7.69. The first-order chi connectivity index (χ1) is 13.5. The predicted octanol–water partition coefficient (Wildman–Crippen LogP) is 7.95. The van der Waals surface area contributed by atoms with Gasteiger partial charge in [-0.1, -0.05) is 67.6 Å². The molecule has 4 aromatic rings. The van der Waals surface area contributed by atoms with Crippen LogP contribution in [0.25, 0.3) is 27.1 Å². The van der Waals surface area contributed by atoms with Crippen LogP contribution in [0.4, 0.5) is 0 Å². The van der Waals surface area contributed by atoms with Gasteiger partial charge in [0.05, 0.1) is 8.07 Å². The predicted molar refractivity (Wildman–Crippen MR) is 127 cm³/mol. The number of fused-ring (bicyclic) bond motifs is 1. The van der Waals surface area contributed by atoms with E-state index in [0.29, 0.717) is 0 Å². The molecule has 1 aliphatic carbocycles. The molecule has 2 aliphatic heterocycles. The molecule has 1 aromatic heterocycles. The fraction of sp³-hybridized carbons (Fsp3) is 0.192. The number of hydrogen-bond acceptors (Lipinski definition) is 1. The minimum atomic E-state index is -0.972. The summed E-state index contributed by atoms with van der Waals surface area (Å²) in [5, 5.41) is 6.70. The van der Waals surface area contributed by atoms with Gasteiger partial charge in [0.25, 0.3) is 0 Å². The molecule has 0 radical (unpaired) electrons. The van der Waals surface area contributed by atoms with Crippen LogP contribution in [0, 0.1) is 6.92 Å². The minimum Gasteiger partial charge on any atom is -0.165 e. The van der Waals surface area contributed by atoms with E-state index in [1.807, 2.05) is 11.3 Å². The van der Waals surface area contributed by atoms with Gasteiger partial charge in [0, 0.05) is 36.6 Å². The third-order valence-corrected chi connectivity index (χ3v) is 11.7. The van der Waals surface area contributed by atoms with Gasteiger partial charge in [-0.3, -0.25) is 0 Å². The molecule has 144 valence electrons. The molecule has 0 fully saturated rings. The maximum absolute atomic E-state index is 2.51. The van der Waals surface area contributed by atoms with Crippen molar-refractivity contribution < 1.29 is 26.2 Å². The van der Waals surface area contributed by atoms with Crippen LogP contribution in [0.15, 0.2) is 77.7 Å². The van der Waals surface area contributed by atoms with E-state index in [1.54, 1.807) is 21.2 Å². The van der Waals surface area contributed by atoms with Crippen LogP contribution in [0.5, 0.6) is 0 Å². The monoisotopic (exact) mass is 487 g/mol. The summed E-state index contributed by atoms with van der Waals surface area (Å²) in [7, 11) is -0.972. The molecule has 0 saturated carbocycles. The van der Waals surface area contributed by atoms with Crippen molar-refractivity contribution in [3.8, 4) is 11.1 Å². The smallest absolute Gasteiger partial charge is 0.0941 e. The Kier molecular flexibility index (Phi) is 5.53. The second-order valence-electron chi connectivity index (χ2n) is 8.62. The van der Waals surface area contributed by atoms with E-state index in [1.165, 1.54) is 27.5 Å². The standard InChI is InChI=1S/C16H13.C10H12SSi.Zr/c1-12-10-14-8-5-9-15(16(14)11-12)13-6-3-2-4-7-13;1-6-9-7-4-5-11-8(7)10(6)12(9,2)3;/h2-11H,1H3;4-5,9H,1-3H3;/q-1;;. The Balaban J connectivity index is 0.000000141. The molecule has 3 heterocycles. The molecular weight excluding hydrogens is 464 g/mol. The number of benzene rings is 2. The first-order valence-electron chi connectivity index (χ1n) is 9.99. The van der Waals surface area contributed by atoms with Gasteiger partial charge < -0.3 is 0 Å². The van der Waals surface area contributed by atoms with Crippen molar-refractivity contribution in [2.24, 2.45) is 0 Å². The summed E-state index contributed by atoms with van der Waals surface area (Å²) in [5.41, 5.74) is 8.18. The summed E-state index contributed by atoms with van der Waals surface area (Å²) in [4.78, 5) is 1.63. The topological polar surface area (TPSA) is 0 Å². The Labute approximate surface area is 197 Å². The molecule has 0 saturated heterocycles. The summed E-state index contributed by atoms with van der Waals surface area (Å²) in [6.45, 7) is 9.49. The Morgan fingerprint density at radius 1 is 0.931 bits per heavy atom. The van der Waals surface area contributed by atoms with E-state index in [2.05, 4.69) is 99.1 Å². The van der Waals surface area contributed by atoms with Crippen molar-refractivity contribution in [2.75, 3.05) is 0 Å². The van der Waals surface area contributed by atoms with Gasteiger partial charge in [-0.05, 0) is 34.7 Å². The summed E-state index contributed by atoms with van der Waals surface area (Å²) in [6.07, 6.45) is 0. The van der Waals surface area contributed by atoms with Crippen LogP contribution in [-0.2, 0) is 26.2 Å². The number of rotatable bonds is 1. The molecule has 29 heavy (non-hydrogen) atoms. The average Bonchev–Trinajstić information content (AvgIpc) is 3.38. The van der Waals surface area contributed by atoms with Crippen molar-refractivity contribution >= 4 is 35.4 Å². The van der Waals surface area contributed by atoms with E-state index in [9.17, 15) is 0 Å². The molecule has 0 N–H and O–H groups in total. The summed E-state index contributed by atoms with van der Waals surface area (Å²) >= 11 is 1.94. The molecule has 1 atom stereocenters. The van der Waals surface area contributed by atoms with Crippen LogP contribution in [-0.4, -0.2) is 8.07 Å². The van der Waals surface area contributed by atoms with E-state index < -0.39 is 8.07 Å². The van der Waals surface area contributed by atoms with Crippen molar-refractivity contribution in [1.29, 1.82) is 0 Å². The summed E-state index contributed by atoms with van der Waals surface area (Å²) < 4.78 is 0. The summed E-state index contributed by atoms with van der Waals surface area (Å²) in [5.74, 6) is 0. The Bertz CT molecular complexity index is 1210. The van der Waals surface area contributed by atoms with Crippen LogP contribution in [0.2, 0.25) is 13.1 Å². The van der Waals surface area contributed by atoms with Gasteiger partial charge in [0.15, 0.2) is 0 Å². The average molecular weight is 489 g/mol. The zero-order valence-electron chi connectivity index (χ0n) is 17.4. The van der Waals surface area contributed by atoms with Crippen LogP contribution >= 0.6 is 11.3 Å². The summed E-state index contributed by atoms with van der Waals surface area (Å²) in [6, 6.07) is 23.9. The van der Waals surface area contributed by atoms with Crippen LogP contribution in [0.1, 0.15) is 28.5 Å². The molecule has 2 bridgehead atoms. The molecule has 3 aromatic carbocycles. The Morgan fingerprint density at radius 2 is 1.69 bits per heavy atom. The number of hydrogen-bond donors (Lipinski definition) is 0. The van der Waals surface area contributed by atoms with Gasteiger partial charge in [0.1, 0.15) is 0 Å². The maximum Gasteiger partial charge on any atom is 0.0941 e. The van der Waals surface area contributed by atoms with Crippen LogP contribution < -0.4 is 0 Å². The van der Waals surface area contributed by atoms with Gasteiger partial charge in [-0.15, -0.1) is 45.9 Å². The zero-order chi connectivity index (χ0) is 19.5. The quantitative estimate of drug-likeness (QED) is 0.188. The van der Waals surface area contributed by atoms with Gasteiger partial charge in [-0.2, -0.15) is 6.07 Å². The van der Waals surface area contributed by atoms with Crippen molar-refractivity contribution in [1.82, 2.24) is 0 Å². The first kappa shape index (κ1) is 20.8. The molecule has 0 spiro atoms. The van der Waals surface area contributed by atoms with Crippen molar-refractivity contribution in [3.05, 3.63) is 93.7 Å². The largest absolute Gasteiger partial charge is 0.165 e. The molecule has 0 nitrogen and oxygen atoms in total. The number of thiophene rings is 1. The Morgan fingerprint density at radius 3 is 2.38 bits per heavy atom. The minimum absolute atomic E-state index is 0. The third kappa shape index (κ3) is 3.23. The normalized spacial score (nSPS) is 17.9. The van der Waals surface area contributed by atoms with Gasteiger partial charge in [0.2, 0.25) is 0 Å². The zero-order valence-corrected chi connectivity index (χ0v) is 21.7. The molecular formula is C26H25SSiZr-. The van der Waals surface area contributed by atoms with Gasteiger partial charge in [-0.25, -0.2) is 0 Å². The van der Waals surface area contributed by atoms with Crippen LogP contribution in [0.3, 0.4) is 0 Å². The molecule has 3 aliphatic rings. The van der Waals surface area contributed by atoms with Crippen molar-refractivity contribution in [2.45, 2.75) is 32.5 Å². The molecule has 3 heteroatoms. The molecule has 0 amide bonds. The molecule has 1 unspecified atom stereocenters. The van der Waals surface area contributed by atoms with E-state index in [-0.39, 0.29) is 26.2 Å². The van der Waals surface area contributed by atoms with E-state index in [0.717, 1.165) is 5.54 Å². The fourth-order valence-corrected chi connectivity index (χ4v) is 11.6. The van der Waals surface area contributed by atoms with E-state index in [4.69, 9.17) is 0 Å². The number of aryl methyl sites for hydroxylation is 1. The third-order valence-electron chi connectivity index (χ3n) is 6.41. The SMILES string of the molecule is CC1=C2c3sccc3C1[Si]2(C)C.Cc1cc2c(-c3ccccc3)cccc2[cH-]1.[Zr]. The molecule has 7 rings (SSSR count). The fourth-order valence-electron chi connectivity index (χ4n) is 5.36. The second-order valence-corrected chi connectivity index (χ2v) is 14.1. The van der Waals surface area contributed by atoms with E-state index >= 15 is 0 Å². The Hall–Kier alpha value is -1.41.